The molecular formula is C21H31N3O2S. The summed E-state index contributed by atoms with van der Waals surface area (Å²) in [6.45, 7) is 9.79. The minimum Gasteiger partial charge on any atom is -0.395 e. The summed E-state index contributed by atoms with van der Waals surface area (Å²) < 4.78 is 5.52. The molecule has 2 fully saturated rings. The van der Waals surface area contributed by atoms with E-state index in [0.29, 0.717) is 17.9 Å². The molecule has 0 spiro atoms. The molecule has 0 unspecified atom stereocenters. The van der Waals surface area contributed by atoms with Crippen molar-refractivity contribution >= 4 is 21.6 Å². The van der Waals surface area contributed by atoms with Gasteiger partial charge in [-0.3, -0.25) is 4.90 Å². The van der Waals surface area contributed by atoms with Gasteiger partial charge in [0.2, 0.25) is 0 Å². The van der Waals surface area contributed by atoms with E-state index in [1.165, 1.54) is 35.9 Å². The maximum atomic E-state index is 9.67. The fourth-order valence-electron chi connectivity index (χ4n) is 4.38. The van der Waals surface area contributed by atoms with Crippen LogP contribution in [0.3, 0.4) is 0 Å². The first-order chi connectivity index (χ1) is 12.9. The Hall–Kier alpha value is -1.08. The quantitative estimate of drug-likeness (QED) is 0.860. The van der Waals surface area contributed by atoms with Crippen molar-refractivity contribution in [2.24, 2.45) is 5.41 Å². The predicted molar refractivity (Wildman–Crippen MR) is 109 cm³/mol. The van der Waals surface area contributed by atoms with Crippen LogP contribution in [-0.2, 0) is 11.3 Å². The second kappa shape index (κ2) is 7.74. The molecule has 27 heavy (non-hydrogen) atoms. The van der Waals surface area contributed by atoms with Crippen LogP contribution in [0.1, 0.15) is 61.8 Å². The lowest BCUT2D eigenvalue weighted by molar-refractivity contribution is -0.0315. The Balaban J connectivity index is 1.60. The number of rotatable bonds is 4. The van der Waals surface area contributed by atoms with Gasteiger partial charge in [0, 0.05) is 23.4 Å². The highest BCUT2D eigenvalue weighted by Crippen LogP contribution is 2.45. The van der Waals surface area contributed by atoms with Gasteiger partial charge in [-0.1, -0.05) is 13.8 Å². The summed E-state index contributed by atoms with van der Waals surface area (Å²) in [6, 6.07) is 2.41. The van der Waals surface area contributed by atoms with Gasteiger partial charge in [-0.2, -0.15) is 0 Å². The maximum absolute atomic E-state index is 9.67. The number of thiophene rings is 1. The third-order valence-corrected chi connectivity index (χ3v) is 7.45. The second-order valence-corrected chi connectivity index (χ2v) is 9.97. The highest BCUT2D eigenvalue weighted by Gasteiger charge is 2.29. The van der Waals surface area contributed by atoms with E-state index >= 15 is 0 Å². The maximum Gasteiger partial charge on any atom is 0.127 e. The minimum absolute atomic E-state index is 0.0581. The Kier molecular flexibility index (Phi) is 5.52. The molecule has 4 rings (SSSR count). The predicted octanol–water partition coefficient (Wildman–Crippen LogP) is 3.88. The standard InChI is InChI=1S/C21H31N3O2S/c1-14-22-18(11-24-8-9-26-13-16(24)12-25)17-10-19(27-20(17)23-14)15-4-6-21(2,3)7-5-15/h10,15-16,25H,4-9,11-13H2,1-3H3/t16-/m0/s1. The van der Waals surface area contributed by atoms with Crippen molar-refractivity contribution in [1.82, 2.24) is 14.9 Å². The smallest absolute Gasteiger partial charge is 0.127 e. The largest absolute Gasteiger partial charge is 0.395 e. The average Bonchev–Trinajstić information content (AvgIpc) is 3.06. The molecule has 3 heterocycles. The molecule has 1 N–H and O–H groups in total. The lowest BCUT2D eigenvalue weighted by Crippen LogP contribution is -2.47. The van der Waals surface area contributed by atoms with Crippen molar-refractivity contribution in [3.8, 4) is 0 Å². The van der Waals surface area contributed by atoms with Crippen LogP contribution in [0.2, 0.25) is 0 Å². The Morgan fingerprint density at radius 1 is 1.30 bits per heavy atom. The molecule has 5 nitrogen and oxygen atoms in total. The topological polar surface area (TPSA) is 58.5 Å². The SMILES string of the molecule is Cc1nc(CN2CCOC[C@@H]2CO)c2cc(C3CCC(C)(C)CC3)sc2n1. The number of ether oxygens (including phenoxy) is 1. The molecule has 1 saturated carbocycles. The molecule has 2 aliphatic rings. The molecule has 0 radical (unpaired) electrons. The van der Waals surface area contributed by atoms with Crippen molar-refractivity contribution in [3.63, 3.8) is 0 Å². The summed E-state index contributed by atoms with van der Waals surface area (Å²) in [4.78, 5) is 14.4. The Labute approximate surface area is 165 Å². The molecule has 1 aliphatic heterocycles. The summed E-state index contributed by atoms with van der Waals surface area (Å²) >= 11 is 1.86. The van der Waals surface area contributed by atoms with E-state index in [0.717, 1.165) is 36.0 Å². The highest BCUT2D eigenvalue weighted by molar-refractivity contribution is 7.18. The number of nitrogens with zero attached hydrogens (tertiary/aromatic N) is 3. The second-order valence-electron chi connectivity index (χ2n) is 8.91. The lowest BCUT2D eigenvalue weighted by Gasteiger charge is -2.34. The highest BCUT2D eigenvalue weighted by atomic mass is 32.1. The molecule has 0 aromatic carbocycles. The van der Waals surface area contributed by atoms with E-state index < -0.39 is 0 Å². The molecule has 1 aliphatic carbocycles. The summed E-state index contributed by atoms with van der Waals surface area (Å²) in [5, 5.41) is 10.9. The number of aryl methyl sites for hydroxylation is 1. The van der Waals surface area contributed by atoms with Crippen LogP contribution >= 0.6 is 11.3 Å². The zero-order valence-corrected chi connectivity index (χ0v) is 17.5. The lowest BCUT2D eigenvalue weighted by atomic mass is 9.73. The fraction of sp³-hybridized carbons (Fsp3) is 0.714. The van der Waals surface area contributed by atoms with Crippen LogP contribution in [0, 0.1) is 12.3 Å². The first-order valence-electron chi connectivity index (χ1n) is 10.1. The van der Waals surface area contributed by atoms with Gasteiger partial charge in [0.1, 0.15) is 10.7 Å². The van der Waals surface area contributed by atoms with E-state index in [1.54, 1.807) is 0 Å². The van der Waals surface area contributed by atoms with Gasteiger partial charge in [-0.05, 0) is 50.0 Å². The first kappa shape index (κ1) is 19.2. The van der Waals surface area contributed by atoms with E-state index in [4.69, 9.17) is 14.7 Å². The molecule has 0 amide bonds. The van der Waals surface area contributed by atoms with E-state index in [2.05, 4.69) is 24.8 Å². The van der Waals surface area contributed by atoms with Gasteiger partial charge in [0.25, 0.3) is 0 Å². The van der Waals surface area contributed by atoms with E-state index in [9.17, 15) is 5.11 Å². The Bertz CT molecular complexity index is 794. The van der Waals surface area contributed by atoms with Gasteiger partial charge < -0.3 is 9.84 Å². The number of aliphatic hydroxyl groups excluding tert-OH is 1. The van der Waals surface area contributed by atoms with E-state index in [1.807, 2.05) is 18.3 Å². The Morgan fingerprint density at radius 3 is 2.81 bits per heavy atom. The van der Waals surface area contributed by atoms with Gasteiger partial charge in [-0.25, -0.2) is 9.97 Å². The van der Waals surface area contributed by atoms with Crippen LogP contribution in [0.25, 0.3) is 10.2 Å². The Morgan fingerprint density at radius 2 is 2.07 bits per heavy atom. The summed E-state index contributed by atoms with van der Waals surface area (Å²) in [7, 11) is 0. The summed E-state index contributed by atoms with van der Waals surface area (Å²) in [6.07, 6.45) is 5.15. The number of aromatic nitrogens is 2. The minimum atomic E-state index is 0.0581. The number of hydrogen-bond acceptors (Lipinski definition) is 6. The first-order valence-corrected chi connectivity index (χ1v) is 11.0. The molecular weight excluding hydrogens is 358 g/mol. The summed E-state index contributed by atoms with van der Waals surface area (Å²) in [5.41, 5.74) is 1.58. The third kappa shape index (κ3) is 4.19. The monoisotopic (exact) mass is 389 g/mol. The van der Waals surface area contributed by atoms with Crippen LogP contribution in [-0.4, -0.2) is 52.4 Å². The fourth-order valence-corrected chi connectivity index (χ4v) is 5.65. The van der Waals surface area contributed by atoms with Gasteiger partial charge >= 0.3 is 0 Å². The van der Waals surface area contributed by atoms with E-state index in [-0.39, 0.29) is 12.6 Å². The number of fused-ring (bicyclic) bond motifs is 1. The average molecular weight is 390 g/mol. The molecule has 1 saturated heterocycles. The number of aliphatic hydroxyl groups is 1. The van der Waals surface area contributed by atoms with Gasteiger partial charge in [0.05, 0.1) is 31.6 Å². The van der Waals surface area contributed by atoms with Crippen LogP contribution in [0.15, 0.2) is 6.07 Å². The van der Waals surface area contributed by atoms with Crippen molar-refractivity contribution in [1.29, 1.82) is 0 Å². The molecule has 1 atom stereocenters. The van der Waals surface area contributed by atoms with Crippen LogP contribution in [0.5, 0.6) is 0 Å². The number of morpholine rings is 1. The zero-order chi connectivity index (χ0) is 19.0. The zero-order valence-electron chi connectivity index (χ0n) is 16.7. The molecule has 6 heteroatoms. The van der Waals surface area contributed by atoms with Gasteiger partial charge in [-0.15, -0.1) is 11.3 Å². The molecule has 2 aromatic rings. The van der Waals surface area contributed by atoms with Crippen molar-refractivity contribution in [3.05, 3.63) is 22.5 Å². The van der Waals surface area contributed by atoms with Crippen molar-refractivity contribution < 1.29 is 9.84 Å². The third-order valence-electron chi connectivity index (χ3n) is 6.26. The van der Waals surface area contributed by atoms with Gasteiger partial charge in [0.15, 0.2) is 0 Å². The van der Waals surface area contributed by atoms with Crippen molar-refractivity contribution in [2.75, 3.05) is 26.4 Å². The number of hydrogen-bond donors (Lipinski definition) is 1. The molecule has 2 aromatic heterocycles. The molecule has 0 bridgehead atoms. The van der Waals surface area contributed by atoms with Crippen molar-refractivity contribution in [2.45, 2.75) is 65.0 Å². The van der Waals surface area contributed by atoms with Crippen LogP contribution < -0.4 is 0 Å². The molecule has 148 valence electrons. The normalized spacial score (nSPS) is 24.5. The summed E-state index contributed by atoms with van der Waals surface area (Å²) in [5.74, 6) is 1.50. The van der Waals surface area contributed by atoms with Crippen LogP contribution in [0.4, 0.5) is 0 Å².